The molecule has 0 N–H and O–H groups in total. The molecule has 3 rings (SSSR count). The minimum atomic E-state index is 0.286. The molecule has 0 spiro atoms. The van der Waals surface area contributed by atoms with Gasteiger partial charge in [0, 0.05) is 57.6 Å². The number of nitrogens with zero attached hydrogens (tertiary/aromatic N) is 3. The minimum absolute atomic E-state index is 0.286. The second-order valence-electron chi connectivity index (χ2n) is 6.55. The number of pyridine rings is 1. The maximum absolute atomic E-state index is 12.3. The van der Waals surface area contributed by atoms with Crippen molar-refractivity contribution in [3.8, 4) is 0 Å². The van der Waals surface area contributed by atoms with Crippen molar-refractivity contribution in [2.75, 3.05) is 32.8 Å². The van der Waals surface area contributed by atoms with Crippen molar-refractivity contribution in [2.24, 2.45) is 0 Å². The van der Waals surface area contributed by atoms with E-state index in [4.69, 9.17) is 4.74 Å². The van der Waals surface area contributed by atoms with Crippen LogP contribution in [0.3, 0.4) is 0 Å². The number of ether oxygens (including phenoxy) is 1. The van der Waals surface area contributed by atoms with E-state index in [2.05, 4.69) is 22.9 Å². The van der Waals surface area contributed by atoms with E-state index in [1.54, 1.807) is 6.20 Å². The van der Waals surface area contributed by atoms with Crippen LogP contribution in [0.5, 0.6) is 0 Å². The molecule has 0 aromatic carbocycles. The fraction of sp³-hybridized carbons (Fsp3) is 0.667. The Kier molecular flexibility index (Phi) is 5.62. The molecule has 2 atom stereocenters. The highest BCUT2D eigenvalue weighted by Crippen LogP contribution is 2.22. The molecule has 2 saturated heterocycles. The number of carbonyl (C=O) groups excluding carboxylic acids is 1. The normalized spacial score (nSPS) is 23.9. The molecule has 2 unspecified atom stereocenters. The molecule has 23 heavy (non-hydrogen) atoms. The SMILES string of the molecule is CC(c1cccnc1)N1CCN(C(=O)CCC2CCCO2)CC1. The van der Waals surface area contributed by atoms with Crippen molar-refractivity contribution in [2.45, 2.75) is 44.8 Å². The van der Waals surface area contributed by atoms with Crippen molar-refractivity contribution in [1.29, 1.82) is 0 Å². The maximum atomic E-state index is 12.3. The predicted octanol–water partition coefficient (Wildman–Crippen LogP) is 2.25. The summed E-state index contributed by atoms with van der Waals surface area (Å²) in [6.45, 7) is 6.60. The molecule has 2 fully saturated rings. The average molecular weight is 317 g/mol. The van der Waals surface area contributed by atoms with Crippen molar-refractivity contribution in [1.82, 2.24) is 14.8 Å². The van der Waals surface area contributed by atoms with Gasteiger partial charge >= 0.3 is 0 Å². The Hall–Kier alpha value is -1.46. The molecular formula is C18H27N3O2. The van der Waals surface area contributed by atoms with Crippen LogP contribution in [0, 0.1) is 0 Å². The Morgan fingerprint density at radius 3 is 2.87 bits per heavy atom. The highest BCUT2D eigenvalue weighted by atomic mass is 16.5. The number of hydrogen-bond acceptors (Lipinski definition) is 4. The smallest absolute Gasteiger partial charge is 0.222 e. The molecule has 1 aromatic rings. The largest absolute Gasteiger partial charge is 0.378 e. The van der Waals surface area contributed by atoms with E-state index in [1.807, 2.05) is 17.2 Å². The van der Waals surface area contributed by atoms with Crippen LogP contribution in [-0.2, 0) is 9.53 Å². The zero-order chi connectivity index (χ0) is 16.1. The molecule has 3 heterocycles. The zero-order valence-electron chi connectivity index (χ0n) is 14.0. The fourth-order valence-corrected chi connectivity index (χ4v) is 3.51. The molecule has 0 bridgehead atoms. The van der Waals surface area contributed by atoms with E-state index in [-0.39, 0.29) is 5.91 Å². The van der Waals surface area contributed by atoms with Gasteiger partial charge in [-0.1, -0.05) is 6.07 Å². The maximum Gasteiger partial charge on any atom is 0.222 e. The fourth-order valence-electron chi connectivity index (χ4n) is 3.51. The summed E-state index contributed by atoms with van der Waals surface area (Å²) in [4.78, 5) is 21.0. The third kappa shape index (κ3) is 4.30. The zero-order valence-corrected chi connectivity index (χ0v) is 14.0. The molecule has 0 aliphatic carbocycles. The van der Waals surface area contributed by atoms with Gasteiger partial charge in [-0.3, -0.25) is 14.7 Å². The predicted molar refractivity (Wildman–Crippen MR) is 89.0 cm³/mol. The van der Waals surface area contributed by atoms with Gasteiger partial charge in [0.25, 0.3) is 0 Å². The van der Waals surface area contributed by atoms with Gasteiger partial charge in [0.05, 0.1) is 6.10 Å². The first kappa shape index (κ1) is 16.4. The second kappa shape index (κ2) is 7.88. The molecule has 2 aliphatic heterocycles. The Bertz CT molecular complexity index is 494. The number of hydrogen-bond donors (Lipinski definition) is 0. The van der Waals surface area contributed by atoms with Crippen LogP contribution in [0.4, 0.5) is 0 Å². The van der Waals surface area contributed by atoms with Crippen LogP contribution in [0.25, 0.3) is 0 Å². The van der Waals surface area contributed by atoms with Gasteiger partial charge in [0.2, 0.25) is 5.91 Å². The monoisotopic (exact) mass is 317 g/mol. The number of carbonyl (C=O) groups is 1. The van der Waals surface area contributed by atoms with Crippen molar-refractivity contribution in [3.63, 3.8) is 0 Å². The molecule has 0 radical (unpaired) electrons. The van der Waals surface area contributed by atoms with Crippen LogP contribution >= 0.6 is 0 Å². The van der Waals surface area contributed by atoms with Gasteiger partial charge in [-0.2, -0.15) is 0 Å². The lowest BCUT2D eigenvalue weighted by Gasteiger charge is -2.38. The van der Waals surface area contributed by atoms with E-state index < -0.39 is 0 Å². The number of aromatic nitrogens is 1. The summed E-state index contributed by atoms with van der Waals surface area (Å²) in [5, 5.41) is 0. The van der Waals surface area contributed by atoms with E-state index >= 15 is 0 Å². The van der Waals surface area contributed by atoms with Crippen LogP contribution in [-0.4, -0.2) is 59.6 Å². The molecule has 5 nitrogen and oxygen atoms in total. The van der Waals surface area contributed by atoms with E-state index in [1.165, 1.54) is 5.56 Å². The molecule has 5 heteroatoms. The van der Waals surface area contributed by atoms with Gasteiger partial charge in [-0.05, 0) is 37.8 Å². The molecular weight excluding hydrogens is 290 g/mol. The molecule has 1 aromatic heterocycles. The summed E-state index contributed by atoms with van der Waals surface area (Å²) in [6, 6.07) is 4.46. The van der Waals surface area contributed by atoms with E-state index in [0.717, 1.165) is 52.0 Å². The van der Waals surface area contributed by atoms with Gasteiger partial charge < -0.3 is 9.64 Å². The van der Waals surface area contributed by atoms with Crippen molar-refractivity contribution < 1.29 is 9.53 Å². The van der Waals surface area contributed by atoms with Crippen molar-refractivity contribution >= 4 is 5.91 Å². The first-order valence-corrected chi connectivity index (χ1v) is 8.77. The molecule has 0 saturated carbocycles. The molecule has 2 aliphatic rings. The quantitative estimate of drug-likeness (QED) is 0.835. The lowest BCUT2D eigenvalue weighted by Crippen LogP contribution is -2.49. The lowest BCUT2D eigenvalue weighted by atomic mass is 10.1. The number of amides is 1. The molecule has 1 amide bonds. The van der Waals surface area contributed by atoms with Crippen molar-refractivity contribution in [3.05, 3.63) is 30.1 Å². The summed E-state index contributed by atoms with van der Waals surface area (Å²) in [7, 11) is 0. The summed E-state index contributed by atoms with van der Waals surface area (Å²) >= 11 is 0. The molecule has 126 valence electrons. The summed E-state index contributed by atoms with van der Waals surface area (Å²) in [5.74, 6) is 0.286. The average Bonchev–Trinajstić information content (AvgIpc) is 3.13. The summed E-state index contributed by atoms with van der Waals surface area (Å²) in [5.41, 5.74) is 1.24. The van der Waals surface area contributed by atoms with E-state index in [0.29, 0.717) is 18.6 Å². The highest BCUT2D eigenvalue weighted by Gasteiger charge is 2.25. The second-order valence-corrected chi connectivity index (χ2v) is 6.55. The third-order valence-electron chi connectivity index (χ3n) is 5.09. The highest BCUT2D eigenvalue weighted by molar-refractivity contribution is 5.76. The summed E-state index contributed by atoms with van der Waals surface area (Å²) < 4.78 is 5.60. The summed E-state index contributed by atoms with van der Waals surface area (Å²) in [6.07, 6.45) is 7.82. The van der Waals surface area contributed by atoms with E-state index in [9.17, 15) is 4.79 Å². The van der Waals surface area contributed by atoms with Crippen LogP contribution in [0.1, 0.15) is 44.2 Å². The topological polar surface area (TPSA) is 45.7 Å². The lowest BCUT2D eigenvalue weighted by molar-refractivity contribution is -0.133. The third-order valence-corrected chi connectivity index (χ3v) is 5.09. The van der Waals surface area contributed by atoms with Crippen LogP contribution < -0.4 is 0 Å². The van der Waals surface area contributed by atoms with Gasteiger partial charge in [0.1, 0.15) is 0 Å². The van der Waals surface area contributed by atoms with Gasteiger partial charge in [0.15, 0.2) is 0 Å². The van der Waals surface area contributed by atoms with Gasteiger partial charge in [-0.15, -0.1) is 0 Å². The minimum Gasteiger partial charge on any atom is -0.378 e. The number of rotatable bonds is 5. The Balaban J connectivity index is 1.43. The first-order valence-electron chi connectivity index (χ1n) is 8.77. The van der Waals surface area contributed by atoms with Crippen LogP contribution in [0.2, 0.25) is 0 Å². The standard InChI is InChI=1S/C18H27N3O2/c1-15(16-4-2-8-19-14-16)20-9-11-21(12-10-20)18(22)7-6-17-5-3-13-23-17/h2,4,8,14-15,17H,3,5-7,9-13H2,1H3. The Morgan fingerprint density at radius 1 is 1.39 bits per heavy atom. The Labute approximate surface area is 138 Å². The van der Waals surface area contributed by atoms with Crippen LogP contribution in [0.15, 0.2) is 24.5 Å². The Morgan fingerprint density at radius 2 is 2.22 bits per heavy atom. The first-order chi connectivity index (χ1) is 11.2. The number of piperazine rings is 1. The van der Waals surface area contributed by atoms with Gasteiger partial charge in [-0.25, -0.2) is 0 Å².